The molecular formula is C13H8FNO4. The van der Waals surface area contributed by atoms with Crippen LogP contribution >= 0.6 is 0 Å². The van der Waals surface area contributed by atoms with E-state index in [0.29, 0.717) is 0 Å². The third kappa shape index (κ3) is 2.42. The minimum atomic E-state index is -1.23. The van der Waals surface area contributed by atoms with Crippen molar-refractivity contribution in [1.82, 2.24) is 0 Å². The number of carboxylic acid groups (broad SMARTS) is 1. The van der Waals surface area contributed by atoms with Crippen molar-refractivity contribution in [3.05, 3.63) is 64.0 Å². The lowest BCUT2D eigenvalue weighted by Gasteiger charge is -2.05. The zero-order valence-corrected chi connectivity index (χ0v) is 9.54. The van der Waals surface area contributed by atoms with Gasteiger partial charge in [-0.15, -0.1) is 0 Å². The first kappa shape index (κ1) is 12.7. The number of hydrogen-bond acceptors (Lipinski definition) is 3. The largest absolute Gasteiger partial charge is 0.478 e. The Kier molecular flexibility index (Phi) is 3.24. The van der Waals surface area contributed by atoms with E-state index in [9.17, 15) is 19.3 Å². The Hall–Kier alpha value is -2.76. The summed E-state index contributed by atoms with van der Waals surface area (Å²) < 4.78 is 13.7. The van der Waals surface area contributed by atoms with Crippen molar-refractivity contribution in [3.8, 4) is 11.1 Å². The third-order valence-corrected chi connectivity index (χ3v) is 2.60. The number of carboxylic acids is 1. The van der Waals surface area contributed by atoms with Crippen LogP contribution in [0.25, 0.3) is 11.1 Å². The highest BCUT2D eigenvalue weighted by molar-refractivity contribution is 5.91. The van der Waals surface area contributed by atoms with E-state index in [-0.39, 0.29) is 22.4 Å². The number of nitrogens with zero attached hydrogens (tertiary/aromatic N) is 1. The van der Waals surface area contributed by atoms with Gasteiger partial charge in [-0.2, -0.15) is 0 Å². The van der Waals surface area contributed by atoms with Gasteiger partial charge in [0.15, 0.2) is 0 Å². The summed E-state index contributed by atoms with van der Waals surface area (Å²) in [5.74, 6) is -1.87. The highest BCUT2D eigenvalue weighted by Crippen LogP contribution is 2.32. The predicted molar refractivity (Wildman–Crippen MR) is 65.4 cm³/mol. The van der Waals surface area contributed by atoms with Gasteiger partial charge >= 0.3 is 5.97 Å². The molecule has 0 aliphatic carbocycles. The van der Waals surface area contributed by atoms with Crippen molar-refractivity contribution in [2.75, 3.05) is 0 Å². The first-order chi connectivity index (χ1) is 9.00. The normalized spacial score (nSPS) is 10.2. The molecule has 0 spiro atoms. The van der Waals surface area contributed by atoms with Gasteiger partial charge in [-0.25, -0.2) is 9.18 Å². The highest BCUT2D eigenvalue weighted by Gasteiger charge is 2.19. The van der Waals surface area contributed by atoms with Crippen LogP contribution in [0.3, 0.4) is 0 Å². The molecule has 0 aliphatic heterocycles. The van der Waals surface area contributed by atoms with Crippen LogP contribution in [-0.2, 0) is 0 Å². The maximum atomic E-state index is 13.7. The second-order valence-electron chi connectivity index (χ2n) is 3.77. The number of aromatic carboxylic acids is 1. The Morgan fingerprint density at radius 2 is 1.84 bits per heavy atom. The van der Waals surface area contributed by atoms with Crippen LogP contribution in [-0.4, -0.2) is 16.0 Å². The van der Waals surface area contributed by atoms with Crippen LogP contribution in [0.5, 0.6) is 0 Å². The van der Waals surface area contributed by atoms with Crippen LogP contribution in [0.2, 0.25) is 0 Å². The second-order valence-corrected chi connectivity index (χ2v) is 3.77. The summed E-state index contributed by atoms with van der Waals surface area (Å²) in [5, 5.41) is 19.8. The minimum Gasteiger partial charge on any atom is -0.478 e. The molecule has 1 N–H and O–H groups in total. The molecule has 0 unspecified atom stereocenters. The highest BCUT2D eigenvalue weighted by atomic mass is 19.1. The van der Waals surface area contributed by atoms with Gasteiger partial charge in [0.2, 0.25) is 0 Å². The summed E-state index contributed by atoms with van der Waals surface area (Å²) in [5.41, 5.74) is -0.528. The van der Waals surface area contributed by atoms with Crippen molar-refractivity contribution in [1.29, 1.82) is 0 Å². The van der Waals surface area contributed by atoms with Crippen LogP contribution in [0, 0.1) is 15.9 Å². The van der Waals surface area contributed by atoms with E-state index in [1.165, 1.54) is 18.2 Å². The average Bonchev–Trinajstić information content (AvgIpc) is 2.38. The van der Waals surface area contributed by atoms with Crippen LogP contribution in [0.1, 0.15) is 10.4 Å². The molecule has 6 heteroatoms. The molecule has 19 heavy (non-hydrogen) atoms. The van der Waals surface area contributed by atoms with Gasteiger partial charge in [0.05, 0.1) is 16.1 Å². The fourth-order valence-electron chi connectivity index (χ4n) is 1.72. The smallest absolute Gasteiger partial charge is 0.335 e. The Labute approximate surface area is 107 Å². The summed E-state index contributed by atoms with van der Waals surface area (Å²) >= 11 is 0. The van der Waals surface area contributed by atoms with Crippen LogP contribution < -0.4 is 0 Å². The Bertz CT molecular complexity index is 669. The molecule has 0 heterocycles. The molecule has 0 radical (unpaired) electrons. The van der Waals surface area contributed by atoms with Gasteiger partial charge in [-0.05, 0) is 18.2 Å². The van der Waals surface area contributed by atoms with Crippen molar-refractivity contribution < 1.29 is 19.2 Å². The molecule has 0 saturated heterocycles. The van der Waals surface area contributed by atoms with Gasteiger partial charge < -0.3 is 5.11 Å². The first-order valence-electron chi connectivity index (χ1n) is 5.27. The lowest BCUT2D eigenvalue weighted by Crippen LogP contribution is -2.00. The fourth-order valence-corrected chi connectivity index (χ4v) is 1.72. The summed E-state index contributed by atoms with van der Waals surface area (Å²) in [6, 6.07) is 8.77. The van der Waals surface area contributed by atoms with Gasteiger partial charge in [0.1, 0.15) is 5.82 Å². The predicted octanol–water partition coefficient (Wildman–Crippen LogP) is 3.10. The van der Waals surface area contributed by atoms with E-state index in [0.717, 1.165) is 24.3 Å². The van der Waals surface area contributed by atoms with E-state index in [2.05, 4.69) is 0 Å². The molecule has 5 nitrogen and oxygen atoms in total. The van der Waals surface area contributed by atoms with E-state index in [1.54, 1.807) is 0 Å². The summed E-state index contributed by atoms with van der Waals surface area (Å²) in [7, 11) is 0. The molecule has 0 aliphatic rings. The lowest BCUT2D eigenvalue weighted by molar-refractivity contribution is -0.384. The summed E-state index contributed by atoms with van der Waals surface area (Å²) in [6.45, 7) is 0. The Morgan fingerprint density at radius 3 is 2.42 bits per heavy atom. The number of carbonyl (C=O) groups is 1. The Morgan fingerprint density at radius 1 is 1.16 bits per heavy atom. The molecule has 0 saturated carbocycles. The molecule has 2 rings (SSSR count). The molecule has 0 atom stereocenters. The molecule has 2 aromatic rings. The molecule has 0 fully saturated rings. The maximum Gasteiger partial charge on any atom is 0.335 e. The summed E-state index contributed by atoms with van der Waals surface area (Å²) in [6.07, 6.45) is 0. The average molecular weight is 261 g/mol. The second kappa shape index (κ2) is 4.85. The number of hydrogen-bond donors (Lipinski definition) is 1. The quantitative estimate of drug-likeness (QED) is 0.680. The van der Waals surface area contributed by atoms with Gasteiger partial charge in [-0.1, -0.05) is 18.2 Å². The summed E-state index contributed by atoms with van der Waals surface area (Å²) in [4.78, 5) is 21.1. The van der Waals surface area contributed by atoms with Crippen molar-refractivity contribution >= 4 is 11.7 Å². The lowest BCUT2D eigenvalue weighted by atomic mass is 10.0. The third-order valence-electron chi connectivity index (χ3n) is 2.60. The number of rotatable bonds is 3. The number of halogens is 1. The maximum absolute atomic E-state index is 13.7. The topological polar surface area (TPSA) is 80.4 Å². The number of benzene rings is 2. The molecule has 0 amide bonds. The van der Waals surface area contributed by atoms with Gasteiger partial charge in [0, 0.05) is 11.6 Å². The van der Waals surface area contributed by atoms with Crippen molar-refractivity contribution in [2.24, 2.45) is 0 Å². The first-order valence-corrected chi connectivity index (χ1v) is 5.27. The monoisotopic (exact) mass is 261 g/mol. The van der Waals surface area contributed by atoms with Crippen LogP contribution in [0.4, 0.5) is 10.1 Å². The molecule has 0 bridgehead atoms. The van der Waals surface area contributed by atoms with E-state index >= 15 is 0 Å². The SMILES string of the molecule is O=C(O)c1ccc([N+](=O)[O-])c(-c2ccccc2F)c1. The molecular weight excluding hydrogens is 253 g/mol. The van der Waals surface area contributed by atoms with Crippen molar-refractivity contribution in [2.45, 2.75) is 0 Å². The van der Waals surface area contributed by atoms with Crippen LogP contribution in [0.15, 0.2) is 42.5 Å². The standard InChI is InChI=1S/C13H8FNO4/c14-11-4-2-1-3-9(11)10-7-8(13(16)17)5-6-12(10)15(18)19/h1-7H,(H,16,17). The Balaban J connectivity index is 2.72. The number of nitro groups is 1. The molecule has 96 valence electrons. The van der Waals surface area contributed by atoms with E-state index in [1.807, 2.05) is 0 Å². The minimum absolute atomic E-state index is 0.00250. The van der Waals surface area contributed by atoms with Crippen molar-refractivity contribution in [3.63, 3.8) is 0 Å². The zero-order chi connectivity index (χ0) is 14.0. The van der Waals surface area contributed by atoms with Gasteiger partial charge in [-0.3, -0.25) is 10.1 Å². The zero-order valence-electron chi connectivity index (χ0n) is 9.54. The molecule has 2 aromatic carbocycles. The fraction of sp³-hybridized carbons (Fsp3) is 0. The van der Waals surface area contributed by atoms with Gasteiger partial charge in [0.25, 0.3) is 5.69 Å². The number of nitro benzene ring substituents is 1. The molecule has 0 aromatic heterocycles. The van der Waals surface area contributed by atoms with E-state index in [4.69, 9.17) is 5.11 Å². The van der Waals surface area contributed by atoms with E-state index < -0.39 is 16.7 Å².